The van der Waals surface area contributed by atoms with Crippen LogP contribution in [0.3, 0.4) is 0 Å². The Kier molecular flexibility index (Phi) is 6.47. The molecule has 1 amide bonds. The molecule has 0 aromatic heterocycles. The number of esters is 1. The predicted molar refractivity (Wildman–Crippen MR) is 98.2 cm³/mol. The highest BCUT2D eigenvalue weighted by molar-refractivity contribution is 7.84. The van der Waals surface area contributed by atoms with Gasteiger partial charge in [-0.25, -0.2) is 4.79 Å². The molecule has 1 atom stereocenters. The highest BCUT2D eigenvalue weighted by Gasteiger charge is 2.16. The van der Waals surface area contributed by atoms with Crippen molar-refractivity contribution in [3.05, 3.63) is 59.2 Å². The molecule has 0 aliphatic carbocycles. The van der Waals surface area contributed by atoms with E-state index in [2.05, 4.69) is 5.32 Å². The highest BCUT2D eigenvalue weighted by atomic mass is 32.2. The van der Waals surface area contributed by atoms with Crippen LogP contribution in [-0.2, 0) is 26.8 Å². The van der Waals surface area contributed by atoms with Crippen LogP contribution in [0.25, 0.3) is 0 Å². The topological polar surface area (TPSA) is 72.5 Å². The Morgan fingerprint density at radius 1 is 1.12 bits per heavy atom. The zero-order valence-electron chi connectivity index (χ0n) is 14.5. The van der Waals surface area contributed by atoms with Crippen LogP contribution >= 0.6 is 0 Å². The van der Waals surface area contributed by atoms with Crippen molar-refractivity contribution in [2.45, 2.75) is 25.2 Å². The molecule has 6 heteroatoms. The van der Waals surface area contributed by atoms with Crippen LogP contribution in [0.2, 0.25) is 0 Å². The number of anilines is 1. The van der Waals surface area contributed by atoms with Crippen LogP contribution in [0.1, 0.15) is 28.4 Å². The van der Waals surface area contributed by atoms with Crippen molar-refractivity contribution >= 4 is 28.4 Å². The molecule has 0 aliphatic rings. The average Bonchev–Trinajstić information content (AvgIpc) is 2.61. The summed E-state index contributed by atoms with van der Waals surface area (Å²) in [4.78, 5) is 24.7. The van der Waals surface area contributed by atoms with Crippen molar-refractivity contribution in [1.29, 1.82) is 0 Å². The summed E-state index contributed by atoms with van der Waals surface area (Å²) in [5.74, 6) is -1.08. The van der Waals surface area contributed by atoms with Gasteiger partial charge in [0, 0.05) is 11.9 Å². The van der Waals surface area contributed by atoms with Crippen LogP contribution in [0.5, 0.6) is 0 Å². The normalized spacial score (nSPS) is 11.6. The molecule has 0 spiro atoms. The molecule has 0 radical (unpaired) electrons. The molecule has 0 heterocycles. The van der Waals surface area contributed by atoms with Gasteiger partial charge in [0.15, 0.2) is 6.61 Å². The van der Waals surface area contributed by atoms with Gasteiger partial charge in [-0.05, 0) is 36.6 Å². The number of benzene rings is 2. The van der Waals surface area contributed by atoms with Gasteiger partial charge in [0.1, 0.15) is 0 Å². The maximum Gasteiger partial charge on any atom is 0.339 e. The Morgan fingerprint density at radius 3 is 2.52 bits per heavy atom. The molecule has 5 nitrogen and oxygen atoms in total. The summed E-state index contributed by atoms with van der Waals surface area (Å²) in [6.45, 7) is 3.51. The molecule has 2 aromatic carbocycles. The van der Waals surface area contributed by atoms with Crippen molar-refractivity contribution in [3.63, 3.8) is 0 Å². The molecule has 25 heavy (non-hydrogen) atoms. The van der Waals surface area contributed by atoms with Crippen LogP contribution in [0.15, 0.2) is 47.4 Å². The molecule has 0 unspecified atom stereocenters. The summed E-state index contributed by atoms with van der Waals surface area (Å²) in [7, 11) is -1.32. The number of ether oxygens (including phenoxy) is 1. The van der Waals surface area contributed by atoms with Crippen LogP contribution < -0.4 is 5.32 Å². The standard InChI is InChI=1S/C19H21NO4S/c1-4-14-9-7-8-13(2)18(14)20-17(21)12-24-19(22)15-10-5-6-11-16(15)25(3)23/h5-11H,4,12H2,1-3H3,(H,20,21)/t25-/m0/s1. The molecule has 0 fully saturated rings. The number of nitrogens with one attached hydrogen (secondary N) is 1. The Labute approximate surface area is 149 Å². The van der Waals surface area contributed by atoms with Crippen molar-refractivity contribution < 1.29 is 18.5 Å². The number of hydrogen-bond donors (Lipinski definition) is 1. The maximum atomic E-state index is 12.2. The lowest BCUT2D eigenvalue weighted by Gasteiger charge is -2.13. The van der Waals surface area contributed by atoms with Crippen LogP contribution in [-0.4, -0.2) is 28.9 Å². The van der Waals surface area contributed by atoms with Crippen LogP contribution in [0, 0.1) is 6.92 Å². The van der Waals surface area contributed by atoms with Crippen molar-refractivity contribution in [3.8, 4) is 0 Å². The first-order valence-corrected chi connectivity index (χ1v) is 9.47. The van der Waals surface area contributed by atoms with Gasteiger partial charge in [-0.15, -0.1) is 0 Å². The number of carbonyl (C=O) groups excluding carboxylic acids is 2. The minimum atomic E-state index is -1.32. The van der Waals surface area contributed by atoms with E-state index in [1.807, 2.05) is 32.0 Å². The Hall–Kier alpha value is -2.47. The van der Waals surface area contributed by atoms with Gasteiger partial charge in [0.2, 0.25) is 0 Å². The van der Waals surface area contributed by atoms with Crippen molar-refractivity contribution in [1.82, 2.24) is 0 Å². The van der Waals surface area contributed by atoms with Crippen molar-refractivity contribution in [2.75, 3.05) is 18.2 Å². The smallest absolute Gasteiger partial charge is 0.339 e. The molecule has 2 rings (SSSR count). The third-order valence-electron chi connectivity index (χ3n) is 3.76. The number of para-hydroxylation sites is 1. The molecule has 0 saturated heterocycles. The van der Waals surface area contributed by atoms with E-state index in [1.54, 1.807) is 18.2 Å². The molecule has 0 aliphatic heterocycles. The van der Waals surface area contributed by atoms with E-state index in [4.69, 9.17) is 4.74 Å². The monoisotopic (exact) mass is 359 g/mol. The number of rotatable bonds is 6. The molecule has 1 N–H and O–H groups in total. The first kappa shape index (κ1) is 18.9. The zero-order chi connectivity index (χ0) is 18.4. The van der Waals surface area contributed by atoms with Gasteiger partial charge >= 0.3 is 5.97 Å². The number of amides is 1. The second kappa shape index (κ2) is 8.58. The van der Waals surface area contributed by atoms with E-state index in [0.717, 1.165) is 23.2 Å². The summed E-state index contributed by atoms with van der Waals surface area (Å²) in [5, 5.41) is 2.80. The van der Waals surface area contributed by atoms with Gasteiger partial charge in [-0.2, -0.15) is 0 Å². The summed E-state index contributed by atoms with van der Waals surface area (Å²) in [6.07, 6.45) is 2.27. The van der Waals surface area contributed by atoms with E-state index in [9.17, 15) is 13.8 Å². The second-order valence-electron chi connectivity index (χ2n) is 5.54. The third kappa shape index (κ3) is 4.76. The molecule has 2 aromatic rings. The van der Waals surface area contributed by atoms with E-state index in [-0.39, 0.29) is 5.56 Å². The largest absolute Gasteiger partial charge is 0.452 e. The summed E-state index contributed by atoms with van der Waals surface area (Å²) in [5.41, 5.74) is 2.93. The molecular formula is C19H21NO4S. The molecule has 0 bridgehead atoms. The Balaban J connectivity index is 2.04. The minimum Gasteiger partial charge on any atom is -0.452 e. The Bertz CT molecular complexity index is 817. The van der Waals surface area contributed by atoms with E-state index < -0.39 is 29.3 Å². The average molecular weight is 359 g/mol. The van der Waals surface area contributed by atoms with Gasteiger partial charge in [-0.1, -0.05) is 37.3 Å². The van der Waals surface area contributed by atoms with Crippen molar-refractivity contribution in [2.24, 2.45) is 0 Å². The van der Waals surface area contributed by atoms with Gasteiger partial charge in [0.05, 0.1) is 21.3 Å². The fraction of sp³-hybridized carbons (Fsp3) is 0.263. The second-order valence-corrected chi connectivity index (χ2v) is 6.89. The van der Waals surface area contributed by atoms with Gasteiger partial charge in [0.25, 0.3) is 5.91 Å². The molecule has 0 saturated carbocycles. The number of carbonyl (C=O) groups is 2. The highest BCUT2D eigenvalue weighted by Crippen LogP contribution is 2.21. The minimum absolute atomic E-state index is 0.210. The van der Waals surface area contributed by atoms with Crippen LogP contribution in [0.4, 0.5) is 5.69 Å². The summed E-state index contributed by atoms with van der Waals surface area (Å²) < 4.78 is 16.8. The Morgan fingerprint density at radius 2 is 1.84 bits per heavy atom. The third-order valence-corrected chi connectivity index (χ3v) is 4.73. The quantitative estimate of drug-likeness (QED) is 0.805. The van der Waals surface area contributed by atoms with Gasteiger partial charge < -0.3 is 10.1 Å². The summed E-state index contributed by atoms with van der Waals surface area (Å²) in [6, 6.07) is 12.3. The first-order chi connectivity index (χ1) is 11.9. The lowest BCUT2D eigenvalue weighted by molar-refractivity contribution is -0.119. The zero-order valence-corrected chi connectivity index (χ0v) is 15.3. The number of aryl methyl sites for hydroxylation is 2. The van der Waals surface area contributed by atoms with E-state index in [0.29, 0.717) is 4.90 Å². The SMILES string of the molecule is CCc1cccc(C)c1NC(=O)COC(=O)c1ccccc1[S@](C)=O. The molecular weight excluding hydrogens is 338 g/mol. The lowest BCUT2D eigenvalue weighted by Crippen LogP contribution is -2.22. The van der Waals surface area contributed by atoms with Gasteiger partial charge in [-0.3, -0.25) is 9.00 Å². The lowest BCUT2D eigenvalue weighted by atomic mass is 10.1. The first-order valence-electron chi connectivity index (χ1n) is 7.92. The fourth-order valence-corrected chi connectivity index (χ4v) is 3.20. The number of hydrogen-bond acceptors (Lipinski definition) is 4. The fourth-order valence-electron chi connectivity index (χ4n) is 2.47. The van der Waals surface area contributed by atoms with E-state index in [1.165, 1.54) is 12.3 Å². The summed E-state index contributed by atoms with van der Waals surface area (Å²) >= 11 is 0. The van der Waals surface area contributed by atoms with E-state index >= 15 is 0 Å². The molecule has 132 valence electrons. The predicted octanol–water partition coefficient (Wildman–Crippen LogP) is 3.09. The maximum absolute atomic E-state index is 12.2.